The number of hydrogen-bond acceptors (Lipinski definition) is 10. The van der Waals surface area contributed by atoms with E-state index in [0.717, 1.165) is 47.6 Å². The lowest BCUT2D eigenvalue weighted by molar-refractivity contribution is -0.364. The van der Waals surface area contributed by atoms with Gasteiger partial charge in [0.25, 0.3) is 0 Å². The highest BCUT2D eigenvalue weighted by Crippen LogP contribution is 2.63. The van der Waals surface area contributed by atoms with Gasteiger partial charge in [0.15, 0.2) is 6.20 Å². The summed E-state index contributed by atoms with van der Waals surface area (Å²) in [5, 5.41) is 20.0. The zero-order valence-electron chi connectivity index (χ0n) is 16.7. The van der Waals surface area contributed by atoms with Crippen LogP contribution in [-0.2, 0) is 9.59 Å². The highest BCUT2D eigenvalue weighted by Gasteiger charge is 2.32. The second-order valence-corrected chi connectivity index (χ2v) is 12.5. The maximum atomic E-state index is 11.1. The molecule has 0 saturated heterocycles. The van der Waals surface area contributed by atoms with Crippen molar-refractivity contribution in [2.75, 3.05) is 12.5 Å². The van der Waals surface area contributed by atoms with E-state index in [9.17, 15) is 14.7 Å². The number of rotatable bonds is 5. The molecule has 4 heterocycles. The van der Waals surface area contributed by atoms with Crippen LogP contribution in [-0.4, -0.2) is 34.5 Å². The van der Waals surface area contributed by atoms with Crippen molar-refractivity contribution in [2.45, 2.75) is 0 Å². The van der Waals surface area contributed by atoms with Gasteiger partial charge in [0, 0.05) is 18.3 Å². The first-order valence-electron chi connectivity index (χ1n) is 8.79. The smallest absolute Gasteiger partial charge is 0.343 e. The van der Waals surface area contributed by atoms with Gasteiger partial charge in [-0.25, -0.2) is 14.8 Å². The van der Waals surface area contributed by atoms with E-state index in [1.807, 2.05) is 55.1 Å². The molecule has 0 aliphatic carbocycles. The number of pyridine rings is 2. The van der Waals surface area contributed by atoms with Gasteiger partial charge in [0.05, 0.1) is 27.8 Å². The first-order valence-corrected chi connectivity index (χ1v) is 14.5. The Bertz CT molecular complexity index is 1020. The number of carbonyl (C=O) groups excluding carboxylic acids is 1. The molecule has 4 rings (SSSR count). The second-order valence-electron chi connectivity index (χ2n) is 5.71. The number of nitrogens with zero attached hydrogens (tertiary/aromatic N) is 1. The molecule has 0 amide bonds. The predicted molar refractivity (Wildman–Crippen MR) is 137 cm³/mol. The molecule has 12 heteroatoms. The molecule has 166 valence electrons. The highest BCUT2D eigenvalue weighted by atomic mass is 32.3. The Hall–Kier alpha value is -1.44. The number of thioether (sulfide) groups is 6. The number of carboxylic acids is 2. The molecule has 6 nitrogen and oxygen atoms in total. The van der Waals surface area contributed by atoms with E-state index in [-0.39, 0.29) is 9.81 Å². The first kappa shape index (κ1) is 25.2. The van der Waals surface area contributed by atoms with Crippen LogP contribution < -0.4 is 10.1 Å². The molecule has 0 atom stereocenters. The number of hydrogen-bond donors (Lipinski definition) is 1. The van der Waals surface area contributed by atoms with Gasteiger partial charge in [-0.1, -0.05) is 53.1 Å². The predicted octanol–water partition coefficient (Wildman–Crippen LogP) is 4.53. The van der Waals surface area contributed by atoms with Crippen LogP contribution >= 0.6 is 70.6 Å². The van der Waals surface area contributed by atoms with Crippen molar-refractivity contribution in [3.63, 3.8) is 0 Å². The Kier molecular flexibility index (Phi) is 9.56. The topological polar surface area (TPSA) is 104 Å². The van der Waals surface area contributed by atoms with Crippen molar-refractivity contribution in [1.82, 2.24) is 4.98 Å². The van der Waals surface area contributed by atoms with Crippen molar-refractivity contribution in [1.29, 1.82) is 0 Å². The average Bonchev–Trinajstić information content (AvgIpc) is 3.45. The monoisotopic (exact) mass is 540 g/mol. The second kappa shape index (κ2) is 12.1. The van der Waals surface area contributed by atoms with E-state index >= 15 is 0 Å². The quantitative estimate of drug-likeness (QED) is 0.578. The summed E-state index contributed by atoms with van der Waals surface area (Å²) < 4.78 is 3.95. The Balaban J connectivity index is 0.000000204. The van der Waals surface area contributed by atoms with Crippen molar-refractivity contribution in [2.24, 2.45) is 0 Å². The van der Waals surface area contributed by atoms with Crippen LogP contribution in [0.25, 0.3) is 11.4 Å². The molecule has 0 aromatic carbocycles. The molecule has 32 heavy (non-hydrogen) atoms. The molecular weight excluding hydrogens is 525 g/mol. The van der Waals surface area contributed by atoms with Gasteiger partial charge in [-0.05, 0) is 30.7 Å². The van der Waals surface area contributed by atoms with Gasteiger partial charge in [-0.3, -0.25) is 0 Å². The summed E-state index contributed by atoms with van der Waals surface area (Å²) in [5.41, 5.74) is 2.01. The van der Waals surface area contributed by atoms with E-state index < -0.39 is 11.9 Å². The highest BCUT2D eigenvalue weighted by molar-refractivity contribution is 8.42. The van der Waals surface area contributed by atoms with Gasteiger partial charge in [0.1, 0.15) is 10.6 Å². The fourth-order valence-electron chi connectivity index (χ4n) is 2.34. The van der Waals surface area contributed by atoms with E-state index in [1.54, 1.807) is 53.2 Å². The lowest BCUT2D eigenvalue weighted by Gasteiger charge is -2.03. The summed E-state index contributed by atoms with van der Waals surface area (Å²) in [6, 6.07) is 11.8. The van der Waals surface area contributed by atoms with E-state index in [4.69, 9.17) is 5.11 Å². The zero-order chi connectivity index (χ0) is 23.1. The van der Waals surface area contributed by atoms with Crippen molar-refractivity contribution >= 4 is 82.5 Å². The van der Waals surface area contributed by atoms with Gasteiger partial charge in [-0.15, -0.1) is 23.5 Å². The van der Waals surface area contributed by atoms with Gasteiger partial charge in [0.2, 0.25) is 5.69 Å². The summed E-state index contributed by atoms with van der Waals surface area (Å²) in [4.78, 5) is 29.0. The SMILES string of the molecule is CSC1=C(SC)SC(=C2SC(C(=O)[O-])=C(C(=O)O)S2)S1.c1ccc(-c2cccc[nH+]2)nc1. The molecule has 0 bridgehead atoms. The Labute approximate surface area is 210 Å². The minimum atomic E-state index is -1.44. The maximum absolute atomic E-state index is 11.1. The lowest BCUT2D eigenvalue weighted by Crippen LogP contribution is -2.24. The van der Waals surface area contributed by atoms with Crippen LogP contribution in [0, 0.1) is 0 Å². The minimum absolute atomic E-state index is 0.165. The third kappa shape index (κ3) is 6.33. The molecule has 2 aliphatic rings. The van der Waals surface area contributed by atoms with Crippen molar-refractivity contribution in [3.8, 4) is 11.4 Å². The number of nitrogens with one attached hydrogen (secondary N) is 1. The number of aromatic nitrogens is 2. The molecule has 2 aromatic heterocycles. The molecule has 0 unspecified atom stereocenters. The molecular formula is C20H16N2O4S6. The summed E-state index contributed by atoms with van der Waals surface area (Å²) in [6.07, 6.45) is 7.64. The molecule has 0 fully saturated rings. The third-order valence-electron chi connectivity index (χ3n) is 3.70. The van der Waals surface area contributed by atoms with Crippen LogP contribution in [0.15, 0.2) is 75.6 Å². The maximum Gasteiger partial charge on any atom is 0.343 e. The van der Waals surface area contributed by atoms with Crippen LogP contribution in [0.1, 0.15) is 0 Å². The summed E-state index contributed by atoms with van der Waals surface area (Å²) in [7, 11) is 0. The summed E-state index contributed by atoms with van der Waals surface area (Å²) in [5.74, 6) is -2.67. The van der Waals surface area contributed by atoms with Gasteiger partial charge < -0.3 is 15.0 Å². The molecule has 2 aliphatic heterocycles. The first-order chi connectivity index (χ1) is 15.4. The number of carbonyl (C=O) groups is 2. The van der Waals surface area contributed by atoms with E-state index in [1.165, 1.54) is 0 Å². The molecule has 0 saturated carbocycles. The number of carboxylic acid groups (broad SMARTS) is 2. The number of aliphatic carboxylic acids is 2. The largest absolute Gasteiger partial charge is 0.544 e. The van der Waals surface area contributed by atoms with Crippen molar-refractivity contribution in [3.05, 3.63) is 75.6 Å². The Morgan fingerprint density at radius 3 is 2.03 bits per heavy atom. The molecule has 2 N–H and O–H groups in total. The number of H-pyrrole nitrogens is 1. The number of aromatic amines is 1. The fourth-order valence-corrected chi connectivity index (χ4v) is 9.97. The minimum Gasteiger partial charge on any atom is -0.544 e. The summed E-state index contributed by atoms with van der Waals surface area (Å²) in [6.45, 7) is 0. The van der Waals surface area contributed by atoms with Crippen LogP contribution in [0.3, 0.4) is 0 Å². The normalized spacial score (nSPS) is 15.7. The molecule has 0 radical (unpaired) electrons. The van der Waals surface area contributed by atoms with Gasteiger partial charge in [-0.2, -0.15) is 0 Å². The van der Waals surface area contributed by atoms with Crippen LogP contribution in [0.5, 0.6) is 0 Å². The van der Waals surface area contributed by atoms with Crippen molar-refractivity contribution < 1.29 is 24.8 Å². The van der Waals surface area contributed by atoms with E-state index in [2.05, 4.69) is 9.97 Å². The zero-order valence-corrected chi connectivity index (χ0v) is 21.6. The Morgan fingerprint density at radius 1 is 0.938 bits per heavy atom. The van der Waals surface area contributed by atoms with Crippen LogP contribution in [0.2, 0.25) is 0 Å². The van der Waals surface area contributed by atoms with E-state index in [0.29, 0.717) is 4.24 Å². The summed E-state index contributed by atoms with van der Waals surface area (Å²) >= 11 is 8.34. The van der Waals surface area contributed by atoms with Crippen LogP contribution in [0.4, 0.5) is 0 Å². The fraction of sp³-hybridized carbons (Fsp3) is 0.100. The lowest BCUT2D eigenvalue weighted by atomic mass is 10.2. The molecule has 0 spiro atoms. The third-order valence-corrected chi connectivity index (χ3v) is 12.0. The average molecular weight is 541 g/mol. The standard InChI is InChI=1S/C10H8N2.C10H8O4S6/c1-3-7-11-9(5-1)10-6-2-4-8-12-10;1-15-7-8(16-2)20-10(19-7)9-17-3(5(11)12)4(18-9)6(13)14/h1-8H;1-2H3,(H,11,12)(H,13,14). The molecule has 2 aromatic rings. The van der Waals surface area contributed by atoms with Gasteiger partial charge >= 0.3 is 5.97 Å². The Morgan fingerprint density at radius 2 is 1.56 bits per heavy atom.